The molecule has 1 atom stereocenters. The van der Waals surface area contributed by atoms with E-state index in [4.69, 9.17) is 4.74 Å². The van der Waals surface area contributed by atoms with E-state index in [1.165, 1.54) is 10.5 Å². The largest absolute Gasteiger partial charge is 0.492 e. The second-order valence-electron chi connectivity index (χ2n) is 6.04. The molecule has 0 aromatic heterocycles. The smallest absolute Gasteiger partial charge is 0.317 e. The molecule has 2 amide bonds. The molecule has 7 heteroatoms. The van der Waals surface area contributed by atoms with Crippen molar-refractivity contribution in [2.45, 2.75) is 13.3 Å². The summed E-state index contributed by atoms with van der Waals surface area (Å²) in [6.07, 6.45) is 0.628. The van der Waals surface area contributed by atoms with Gasteiger partial charge in [0.05, 0.1) is 18.1 Å². The van der Waals surface area contributed by atoms with Crippen LogP contribution in [-0.4, -0.2) is 57.6 Å². The van der Waals surface area contributed by atoms with E-state index in [0.717, 1.165) is 5.75 Å². The lowest BCUT2D eigenvalue weighted by atomic mass is 10.1. The first-order valence-electron chi connectivity index (χ1n) is 7.74. The molecule has 0 aliphatic carbocycles. The highest BCUT2D eigenvalue weighted by Gasteiger charge is 2.28. The molecule has 1 aromatic carbocycles. The molecular weight excluding hydrogens is 316 g/mol. The first kappa shape index (κ1) is 17.6. The maximum absolute atomic E-state index is 12.0. The van der Waals surface area contributed by atoms with E-state index < -0.39 is 9.84 Å². The lowest BCUT2D eigenvalue weighted by Gasteiger charge is -2.19. The van der Waals surface area contributed by atoms with Crippen molar-refractivity contribution in [1.29, 1.82) is 0 Å². The predicted octanol–water partition coefficient (Wildman–Crippen LogP) is 1.45. The van der Waals surface area contributed by atoms with Crippen LogP contribution in [0, 0.1) is 12.8 Å². The molecular formula is C16H24N2O4S. The zero-order chi connectivity index (χ0) is 16.9. The molecule has 0 radical (unpaired) electrons. The van der Waals surface area contributed by atoms with Gasteiger partial charge in [0.15, 0.2) is 9.84 Å². The van der Waals surface area contributed by atoms with E-state index in [-0.39, 0.29) is 23.5 Å². The molecule has 0 saturated carbocycles. The number of rotatable bonds is 6. The Balaban J connectivity index is 1.65. The number of ether oxygens (including phenoxy) is 1. The normalized spacial score (nSPS) is 19.3. The molecule has 1 heterocycles. The summed E-state index contributed by atoms with van der Waals surface area (Å²) in [5.74, 6) is 1.21. The first-order chi connectivity index (χ1) is 10.9. The Morgan fingerprint density at radius 1 is 1.35 bits per heavy atom. The average molecular weight is 340 g/mol. The number of urea groups is 1. The van der Waals surface area contributed by atoms with Gasteiger partial charge in [-0.15, -0.1) is 0 Å². The lowest BCUT2D eigenvalue weighted by molar-refractivity contribution is 0.194. The Kier molecular flexibility index (Phi) is 5.87. The summed E-state index contributed by atoms with van der Waals surface area (Å²) in [5, 5.41) is 2.79. The Bertz CT molecular complexity index is 628. The topological polar surface area (TPSA) is 75.7 Å². The van der Waals surface area contributed by atoms with Gasteiger partial charge in [0.2, 0.25) is 0 Å². The second-order valence-corrected chi connectivity index (χ2v) is 8.27. The molecule has 1 aliphatic heterocycles. The molecule has 1 fully saturated rings. The zero-order valence-corrected chi connectivity index (χ0v) is 14.4. The quantitative estimate of drug-likeness (QED) is 0.850. The maximum atomic E-state index is 12.0. The first-order valence-corrected chi connectivity index (χ1v) is 9.57. The summed E-state index contributed by atoms with van der Waals surface area (Å²) in [4.78, 5) is 13.5. The number of likely N-dealkylation sites (N-methyl/N-ethyl adjacent to an activating group) is 1. The van der Waals surface area contributed by atoms with Crippen molar-refractivity contribution in [2.75, 3.05) is 38.2 Å². The van der Waals surface area contributed by atoms with Gasteiger partial charge >= 0.3 is 6.03 Å². The van der Waals surface area contributed by atoms with Crippen LogP contribution in [-0.2, 0) is 9.84 Å². The third-order valence-electron chi connectivity index (χ3n) is 3.93. The van der Waals surface area contributed by atoms with Gasteiger partial charge in [-0.25, -0.2) is 13.2 Å². The van der Waals surface area contributed by atoms with Crippen LogP contribution in [0.15, 0.2) is 24.3 Å². The Hall–Kier alpha value is -1.76. The summed E-state index contributed by atoms with van der Waals surface area (Å²) >= 11 is 0. The summed E-state index contributed by atoms with van der Waals surface area (Å²) in [7, 11) is -1.20. The molecule has 23 heavy (non-hydrogen) atoms. The van der Waals surface area contributed by atoms with Crippen LogP contribution >= 0.6 is 0 Å². The highest BCUT2D eigenvalue weighted by molar-refractivity contribution is 7.91. The number of aryl methyl sites for hydroxylation is 1. The van der Waals surface area contributed by atoms with Crippen molar-refractivity contribution in [3.05, 3.63) is 29.8 Å². The minimum atomic E-state index is -2.90. The van der Waals surface area contributed by atoms with E-state index in [0.29, 0.717) is 26.1 Å². The molecule has 0 bridgehead atoms. The van der Waals surface area contributed by atoms with Crippen LogP contribution < -0.4 is 10.1 Å². The van der Waals surface area contributed by atoms with Gasteiger partial charge in [-0.3, -0.25) is 0 Å². The summed E-state index contributed by atoms with van der Waals surface area (Å²) in [6, 6.07) is 7.54. The minimum absolute atomic E-state index is 0.0289. The van der Waals surface area contributed by atoms with Crippen molar-refractivity contribution in [3.8, 4) is 5.75 Å². The van der Waals surface area contributed by atoms with Crippen molar-refractivity contribution in [3.63, 3.8) is 0 Å². The molecule has 128 valence electrons. The summed E-state index contributed by atoms with van der Waals surface area (Å²) in [6.45, 7) is 3.28. The number of nitrogens with zero attached hydrogens (tertiary/aromatic N) is 1. The lowest BCUT2D eigenvalue weighted by Crippen LogP contribution is -2.41. The van der Waals surface area contributed by atoms with E-state index in [2.05, 4.69) is 5.32 Å². The van der Waals surface area contributed by atoms with Crippen LogP contribution in [0.5, 0.6) is 5.75 Å². The van der Waals surface area contributed by atoms with Gasteiger partial charge in [0, 0.05) is 13.6 Å². The van der Waals surface area contributed by atoms with Crippen LogP contribution in [0.1, 0.15) is 12.0 Å². The van der Waals surface area contributed by atoms with E-state index in [1.54, 1.807) is 7.05 Å². The van der Waals surface area contributed by atoms with Crippen LogP contribution in [0.2, 0.25) is 0 Å². The van der Waals surface area contributed by atoms with Crippen molar-refractivity contribution < 1.29 is 17.9 Å². The highest BCUT2D eigenvalue weighted by Crippen LogP contribution is 2.17. The number of sulfone groups is 1. The van der Waals surface area contributed by atoms with Crippen molar-refractivity contribution in [2.24, 2.45) is 5.92 Å². The third-order valence-corrected chi connectivity index (χ3v) is 5.77. The van der Waals surface area contributed by atoms with Gasteiger partial charge in [-0.1, -0.05) is 17.7 Å². The maximum Gasteiger partial charge on any atom is 0.317 e. The van der Waals surface area contributed by atoms with Crippen LogP contribution in [0.25, 0.3) is 0 Å². The third kappa shape index (κ3) is 5.74. The molecule has 1 aromatic rings. The molecule has 1 saturated heterocycles. The van der Waals surface area contributed by atoms with E-state index >= 15 is 0 Å². The van der Waals surface area contributed by atoms with E-state index in [9.17, 15) is 13.2 Å². The number of benzene rings is 1. The summed E-state index contributed by atoms with van der Waals surface area (Å²) < 4.78 is 28.3. The number of hydrogen-bond donors (Lipinski definition) is 1. The Morgan fingerprint density at radius 3 is 2.65 bits per heavy atom. The average Bonchev–Trinajstić information content (AvgIpc) is 2.86. The van der Waals surface area contributed by atoms with Gasteiger partial charge < -0.3 is 15.0 Å². The number of amides is 2. The fourth-order valence-corrected chi connectivity index (χ4v) is 4.30. The molecule has 2 rings (SSSR count). The van der Waals surface area contributed by atoms with Crippen LogP contribution in [0.4, 0.5) is 4.79 Å². The van der Waals surface area contributed by atoms with Gasteiger partial charge in [0.25, 0.3) is 0 Å². The second kappa shape index (κ2) is 7.68. The van der Waals surface area contributed by atoms with Gasteiger partial charge in [-0.2, -0.15) is 0 Å². The van der Waals surface area contributed by atoms with Gasteiger partial charge in [0.1, 0.15) is 12.4 Å². The Labute approximate surface area is 137 Å². The standard InChI is InChI=1S/C16H24N2O4S/c1-13-3-5-15(6-4-13)22-9-8-18(2)16(19)17-11-14-7-10-23(20,21)12-14/h3-6,14H,7-12H2,1-2H3,(H,17,19). The number of hydrogen-bond acceptors (Lipinski definition) is 4. The number of nitrogens with one attached hydrogen (secondary N) is 1. The molecule has 1 N–H and O–H groups in total. The van der Waals surface area contributed by atoms with E-state index in [1.807, 2.05) is 31.2 Å². The minimum Gasteiger partial charge on any atom is -0.492 e. The monoisotopic (exact) mass is 340 g/mol. The Morgan fingerprint density at radius 2 is 2.04 bits per heavy atom. The summed E-state index contributed by atoms with van der Waals surface area (Å²) in [5.41, 5.74) is 1.17. The van der Waals surface area contributed by atoms with Crippen molar-refractivity contribution >= 4 is 15.9 Å². The van der Waals surface area contributed by atoms with Crippen LogP contribution in [0.3, 0.4) is 0 Å². The molecule has 6 nitrogen and oxygen atoms in total. The predicted molar refractivity (Wildman–Crippen MR) is 89.5 cm³/mol. The fraction of sp³-hybridized carbons (Fsp3) is 0.562. The number of carbonyl (C=O) groups is 1. The molecule has 0 spiro atoms. The molecule has 1 aliphatic rings. The highest BCUT2D eigenvalue weighted by atomic mass is 32.2. The van der Waals surface area contributed by atoms with Gasteiger partial charge in [-0.05, 0) is 31.4 Å². The van der Waals surface area contributed by atoms with Crippen molar-refractivity contribution in [1.82, 2.24) is 10.2 Å². The zero-order valence-electron chi connectivity index (χ0n) is 13.6. The fourth-order valence-electron chi connectivity index (χ4n) is 2.44. The molecule has 1 unspecified atom stereocenters. The number of carbonyl (C=O) groups excluding carboxylic acids is 1. The SMILES string of the molecule is Cc1ccc(OCCN(C)C(=O)NCC2CCS(=O)(=O)C2)cc1.